The van der Waals surface area contributed by atoms with E-state index in [-0.39, 0.29) is 5.54 Å². The van der Waals surface area contributed by atoms with E-state index < -0.39 is 0 Å². The zero-order valence-corrected chi connectivity index (χ0v) is 10.5. The molecule has 1 nitrogen and oxygen atoms in total. The minimum atomic E-state index is 0.0321. The predicted molar refractivity (Wildman–Crippen MR) is 69.5 cm³/mol. The van der Waals surface area contributed by atoms with E-state index in [2.05, 4.69) is 38.1 Å². The van der Waals surface area contributed by atoms with Gasteiger partial charge in [0, 0.05) is 5.54 Å². The molecule has 0 amide bonds. The number of benzene rings is 1. The summed E-state index contributed by atoms with van der Waals surface area (Å²) in [7, 11) is 0. The van der Waals surface area contributed by atoms with Crippen LogP contribution in [0.25, 0.3) is 0 Å². The first-order valence-corrected chi connectivity index (χ1v) is 6.51. The Morgan fingerprint density at radius 1 is 1.31 bits per heavy atom. The molecule has 0 heterocycles. The van der Waals surface area contributed by atoms with Crippen molar-refractivity contribution in [1.82, 2.24) is 0 Å². The smallest absolute Gasteiger partial charge is 0.0224 e. The van der Waals surface area contributed by atoms with Crippen molar-refractivity contribution in [2.24, 2.45) is 11.7 Å². The number of fused-ring (bicyclic) bond motifs is 1. The van der Waals surface area contributed by atoms with Gasteiger partial charge in [-0.25, -0.2) is 0 Å². The third kappa shape index (κ3) is 2.15. The molecule has 0 spiro atoms. The van der Waals surface area contributed by atoms with Crippen molar-refractivity contribution >= 4 is 0 Å². The highest BCUT2D eigenvalue weighted by molar-refractivity contribution is 5.32. The lowest BCUT2D eigenvalue weighted by Gasteiger charge is -2.40. The zero-order chi connectivity index (χ0) is 11.6. The molecule has 88 valence electrons. The van der Waals surface area contributed by atoms with Gasteiger partial charge in [-0.15, -0.1) is 0 Å². The van der Waals surface area contributed by atoms with Crippen molar-refractivity contribution in [3.8, 4) is 0 Å². The summed E-state index contributed by atoms with van der Waals surface area (Å²) in [6.07, 6.45) is 5.84. The van der Waals surface area contributed by atoms with Gasteiger partial charge in [-0.1, -0.05) is 44.5 Å². The minimum absolute atomic E-state index is 0.0321. The molecule has 2 atom stereocenters. The van der Waals surface area contributed by atoms with Crippen LogP contribution in [-0.2, 0) is 12.8 Å². The summed E-state index contributed by atoms with van der Waals surface area (Å²) in [5.41, 5.74) is 9.61. The van der Waals surface area contributed by atoms with Crippen LogP contribution >= 0.6 is 0 Å². The fraction of sp³-hybridized carbons (Fsp3) is 0.600. The Morgan fingerprint density at radius 2 is 2.00 bits per heavy atom. The van der Waals surface area contributed by atoms with Crippen LogP contribution < -0.4 is 5.73 Å². The fourth-order valence-electron chi connectivity index (χ4n) is 2.93. The highest BCUT2D eigenvalue weighted by atomic mass is 14.8. The maximum Gasteiger partial charge on any atom is 0.0224 e. The molecule has 0 saturated carbocycles. The Hall–Kier alpha value is -0.820. The second-order valence-electron chi connectivity index (χ2n) is 5.37. The van der Waals surface area contributed by atoms with Gasteiger partial charge in [-0.2, -0.15) is 0 Å². The molecule has 1 aliphatic rings. The Labute approximate surface area is 99.0 Å². The van der Waals surface area contributed by atoms with Gasteiger partial charge in [0.05, 0.1) is 0 Å². The highest BCUT2D eigenvalue weighted by Gasteiger charge is 2.34. The zero-order valence-electron chi connectivity index (χ0n) is 10.5. The molecule has 1 aromatic carbocycles. The normalized spacial score (nSPS) is 26.2. The van der Waals surface area contributed by atoms with E-state index in [0.29, 0.717) is 5.92 Å². The average Bonchev–Trinajstić information content (AvgIpc) is 2.29. The second-order valence-corrected chi connectivity index (χ2v) is 5.37. The van der Waals surface area contributed by atoms with Crippen LogP contribution in [0.3, 0.4) is 0 Å². The Balaban J connectivity index is 2.17. The summed E-state index contributed by atoms with van der Waals surface area (Å²) in [6, 6.07) is 8.76. The average molecular weight is 217 g/mol. The van der Waals surface area contributed by atoms with E-state index in [1.165, 1.54) is 24.0 Å². The maximum atomic E-state index is 6.60. The Kier molecular flexibility index (Phi) is 3.34. The summed E-state index contributed by atoms with van der Waals surface area (Å²) in [5, 5.41) is 0. The minimum Gasteiger partial charge on any atom is -0.325 e. The fourth-order valence-corrected chi connectivity index (χ4v) is 2.93. The molecule has 0 fully saturated rings. The highest BCUT2D eigenvalue weighted by Crippen LogP contribution is 2.33. The first-order valence-electron chi connectivity index (χ1n) is 6.51. The molecular formula is C15H23N. The number of hydrogen-bond donors (Lipinski definition) is 1. The van der Waals surface area contributed by atoms with Crippen molar-refractivity contribution < 1.29 is 0 Å². The van der Waals surface area contributed by atoms with Crippen molar-refractivity contribution in [2.75, 3.05) is 0 Å². The first kappa shape index (κ1) is 11.7. The van der Waals surface area contributed by atoms with Gasteiger partial charge < -0.3 is 5.73 Å². The SMILES string of the molecule is CCCC(C)C1(N)CCc2ccccc2C1. The molecule has 1 aromatic rings. The van der Waals surface area contributed by atoms with Gasteiger partial charge in [-0.3, -0.25) is 0 Å². The van der Waals surface area contributed by atoms with Crippen LogP contribution in [0.1, 0.15) is 44.2 Å². The van der Waals surface area contributed by atoms with Crippen molar-refractivity contribution in [2.45, 2.75) is 51.5 Å². The molecule has 0 aliphatic heterocycles. The van der Waals surface area contributed by atoms with Crippen LogP contribution in [0.2, 0.25) is 0 Å². The largest absolute Gasteiger partial charge is 0.325 e. The molecule has 0 saturated heterocycles. The molecule has 1 aliphatic carbocycles. The Bertz CT molecular complexity index is 358. The number of nitrogens with two attached hydrogens (primary N) is 1. The second kappa shape index (κ2) is 4.58. The van der Waals surface area contributed by atoms with Crippen LogP contribution in [0.15, 0.2) is 24.3 Å². The lowest BCUT2D eigenvalue weighted by molar-refractivity contribution is 0.242. The predicted octanol–water partition coefficient (Wildman–Crippen LogP) is 3.31. The van der Waals surface area contributed by atoms with Crippen molar-refractivity contribution in [3.63, 3.8) is 0 Å². The number of rotatable bonds is 3. The van der Waals surface area contributed by atoms with Gasteiger partial charge in [-0.05, 0) is 42.7 Å². The number of hydrogen-bond acceptors (Lipinski definition) is 1. The summed E-state index contributed by atoms with van der Waals surface area (Å²) in [5.74, 6) is 0.630. The van der Waals surface area contributed by atoms with Crippen LogP contribution in [0.5, 0.6) is 0 Å². The summed E-state index contributed by atoms with van der Waals surface area (Å²) < 4.78 is 0. The van der Waals surface area contributed by atoms with E-state index in [9.17, 15) is 0 Å². The molecule has 0 bridgehead atoms. The molecule has 2 rings (SSSR count). The summed E-state index contributed by atoms with van der Waals surface area (Å²) in [4.78, 5) is 0. The molecule has 0 aromatic heterocycles. The lowest BCUT2D eigenvalue weighted by atomic mass is 9.70. The van der Waals surface area contributed by atoms with Crippen LogP contribution in [0, 0.1) is 5.92 Å². The van der Waals surface area contributed by atoms with Gasteiger partial charge in [0.25, 0.3) is 0 Å². The van der Waals surface area contributed by atoms with E-state index in [1.807, 2.05) is 0 Å². The van der Waals surface area contributed by atoms with Gasteiger partial charge in [0.15, 0.2) is 0 Å². The van der Waals surface area contributed by atoms with E-state index in [1.54, 1.807) is 0 Å². The number of aryl methyl sites for hydroxylation is 1. The van der Waals surface area contributed by atoms with E-state index in [4.69, 9.17) is 5.73 Å². The van der Waals surface area contributed by atoms with Crippen molar-refractivity contribution in [1.29, 1.82) is 0 Å². The molecule has 2 N–H and O–H groups in total. The standard InChI is InChI=1S/C15H23N/c1-3-6-12(2)15(16)10-9-13-7-4-5-8-14(13)11-15/h4-5,7-8,12H,3,6,9-11,16H2,1-2H3. The van der Waals surface area contributed by atoms with Gasteiger partial charge >= 0.3 is 0 Å². The van der Waals surface area contributed by atoms with Gasteiger partial charge in [0.2, 0.25) is 0 Å². The van der Waals surface area contributed by atoms with Crippen molar-refractivity contribution in [3.05, 3.63) is 35.4 Å². The topological polar surface area (TPSA) is 26.0 Å². The third-order valence-electron chi connectivity index (χ3n) is 4.20. The molecule has 1 heteroatoms. The van der Waals surface area contributed by atoms with Crippen LogP contribution in [0.4, 0.5) is 0 Å². The third-order valence-corrected chi connectivity index (χ3v) is 4.20. The monoisotopic (exact) mass is 217 g/mol. The molecular weight excluding hydrogens is 194 g/mol. The first-order chi connectivity index (χ1) is 7.65. The summed E-state index contributed by atoms with van der Waals surface area (Å²) in [6.45, 7) is 4.56. The molecule has 16 heavy (non-hydrogen) atoms. The Morgan fingerprint density at radius 3 is 2.69 bits per heavy atom. The van der Waals surface area contributed by atoms with Crippen LogP contribution in [-0.4, -0.2) is 5.54 Å². The molecule has 0 radical (unpaired) electrons. The lowest BCUT2D eigenvalue weighted by Crippen LogP contribution is -2.50. The van der Waals surface area contributed by atoms with E-state index >= 15 is 0 Å². The van der Waals surface area contributed by atoms with Gasteiger partial charge in [0.1, 0.15) is 0 Å². The maximum absolute atomic E-state index is 6.60. The summed E-state index contributed by atoms with van der Waals surface area (Å²) >= 11 is 0. The van der Waals surface area contributed by atoms with E-state index in [0.717, 1.165) is 19.3 Å². The molecule has 2 unspecified atom stereocenters. The quantitative estimate of drug-likeness (QED) is 0.826.